The van der Waals surface area contributed by atoms with Crippen molar-refractivity contribution in [2.45, 2.75) is 37.6 Å². The van der Waals surface area contributed by atoms with Gasteiger partial charge in [-0.05, 0) is 42.6 Å². The maximum Gasteiger partial charge on any atom is 0.416 e. The van der Waals surface area contributed by atoms with Crippen LogP contribution in [0.5, 0.6) is 0 Å². The Morgan fingerprint density at radius 2 is 1.73 bits per heavy atom. The van der Waals surface area contributed by atoms with E-state index in [1.54, 1.807) is 0 Å². The second kappa shape index (κ2) is 10.7. The largest absolute Gasteiger partial charge is 0.416 e. The third kappa shape index (κ3) is 6.13. The Morgan fingerprint density at radius 1 is 1.03 bits per heavy atom. The summed E-state index contributed by atoms with van der Waals surface area (Å²) in [5, 5.41) is 3.10. The second-order valence-electron chi connectivity index (χ2n) is 8.64. The van der Waals surface area contributed by atoms with Crippen LogP contribution in [0, 0.1) is 0 Å². The summed E-state index contributed by atoms with van der Waals surface area (Å²) >= 11 is 0. The summed E-state index contributed by atoms with van der Waals surface area (Å²) in [6.07, 6.45) is -2.59. The first kappa shape index (κ1) is 23.7. The van der Waals surface area contributed by atoms with Crippen LogP contribution in [0.15, 0.2) is 54.6 Å². The van der Waals surface area contributed by atoms with Crippen molar-refractivity contribution >= 4 is 5.91 Å². The number of rotatable bonds is 7. The zero-order chi connectivity index (χ0) is 23.3. The molecule has 0 radical (unpaired) electrons. The van der Waals surface area contributed by atoms with Crippen LogP contribution in [0.2, 0.25) is 0 Å². The van der Waals surface area contributed by atoms with Crippen molar-refractivity contribution in [1.82, 2.24) is 15.1 Å². The molecule has 5 nitrogen and oxygen atoms in total. The Labute approximate surface area is 192 Å². The van der Waals surface area contributed by atoms with Crippen molar-refractivity contribution in [3.05, 3.63) is 71.3 Å². The van der Waals surface area contributed by atoms with E-state index in [1.807, 2.05) is 18.2 Å². The molecule has 0 bridgehead atoms. The first-order valence-corrected chi connectivity index (χ1v) is 11.5. The molecule has 33 heavy (non-hydrogen) atoms. The molecule has 1 amide bonds. The van der Waals surface area contributed by atoms with E-state index in [1.165, 1.54) is 17.7 Å². The maximum atomic E-state index is 13.1. The van der Waals surface area contributed by atoms with Crippen molar-refractivity contribution in [3.8, 4) is 0 Å². The van der Waals surface area contributed by atoms with Crippen LogP contribution in [-0.2, 0) is 22.3 Å². The summed E-state index contributed by atoms with van der Waals surface area (Å²) in [4.78, 5) is 17.5. The van der Waals surface area contributed by atoms with E-state index >= 15 is 0 Å². The average Bonchev–Trinajstić information content (AvgIpc) is 3.28. The lowest BCUT2D eigenvalue weighted by molar-refractivity contribution is -0.137. The van der Waals surface area contributed by atoms with Gasteiger partial charge in [0, 0.05) is 26.2 Å². The van der Waals surface area contributed by atoms with Crippen molar-refractivity contribution < 1.29 is 22.7 Å². The molecule has 0 aliphatic carbocycles. The number of halogens is 3. The highest BCUT2D eigenvalue weighted by Crippen LogP contribution is 2.31. The van der Waals surface area contributed by atoms with Crippen molar-refractivity contribution in [2.24, 2.45) is 0 Å². The molecule has 0 aromatic heterocycles. The zero-order valence-corrected chi connectivity index (χ0v) is 18.6. The minimum atomic E-state index is -4.37. The van der Waals surface area contributed by atoms with Gasteiger partial charge < -0.3 is 10.1 Å². The molecule has 1 N–H and O–H groups in total. The van der Waals surface area contributed by atoms with E-state index in [9.17, 15) is 18.0 Å². The molecule has 2 atom stereocenters. The predicted molar refractivity (Wildman–Crippen MR) is 119 cm³/mol. The summed E-state index contributed by atoms with van der Waals surface area (Å²) in [6.45, 7) is 4.43. The van der Waals surface area contributed by atoms with E-state index in [2.05, 4.69) is 27.2 Å². The van der Waals surface area contributed by atoms with Gasteiger partial charge in [0.2, 0.25) is 5.91 Å². The Kier molecular flexibility index (Phi) is 7.67. The van der Waals surface area contributed by atoms with Gasteiger partial charge in [-0.1, -0.05) is 42.5 Å². The molecule has 0 saturated carbocycles. The third-order valence-corrected chi connectivity index (χ3v) is 6.47. The van der Waals surface area contributed by atoms with Gasteiger partial charge in [0.15, 0.2) is 0 Å². The van der Waals surface area contributed by atoms with E-state index in [-0.39, 0.29) is 18.0 Å². The van der Waals surface area contributed by atoms with E-state index < -0.39 is 11.7 Å². The van der Waals surface area contributed by atoms with Gasteiger partial charge in [-0.2, -0.15) is 13.2 Å². The predicted octanol–water partition coefficient (Wildman–Crippen LogP) is 3.86. The van der Waals surface area contributed by atoms with Crippen LogP contribution in [0.3, 0.4) is 0 Å². The van der Waals surface area contributed by atoms with Crippen LogP contribution in [0.4, 0.5) is 13.2 Å². The first-order valence-electron chi connectivity index (χ1n) is 11.5. The highest BCUT2D eigenvalue weighted by atomic mass is 19.4. The standard InChI is InChI=1S/C25H30F3N3O2/c26-25(27,28)21-10-8-20(9-11-21)23(30-13-15-33-16-14-30)17-29-24(32)22-7-4-12-31(22)18-19-5-2-1-3-6-19/h1-3,5-6,8-11,22-23H,4,7,12-18H2,(H,29,32). The minimum absolute atomic E-state index is 0.0198. The molecular weight excluding hydrogens is 431 g/mol. The topological polar surface area (TPSA) is 44.8 Å². The lowest BCUT2D eigenvalue weighted by atomic mass is 10.0. The molecule has 4 rings (SSSR count). The Balaban J connectivity index is 1.43. The number of alkyl halides is 3. The number of likely N-dealkylation sites (tertiary alicyclic amines) is 1. The van der Waals surface area contributed by atoms with Crippen LogP contribution in [0.25, 0.3) is 0 Å². The van der Waals surface area contributed by atoms with Crippen molar-refractivity contribution in [2.75, 3.05) is 39.4 Å². The molecule has 2 saturated heterocycles. The summed E-state index contributed by atoms with van der Waals surface area (Å²) in [7, 11) is 0. The highest BCUT2D eigenvalue weighted by Gasteiger charge is 2.33. The average molecular weight is 462 g/mol. The summed E-state index contributed by atoms with van der Waals surface area (Å²) in [5.41, 5.74) is 1.27. The maximum absolute atomic E-state index is 13.1. The van der Waals surface area contributed by atoms with Gasteiger partial charge in [-0.15, -0.1) is 0 Å². The summed E-state index contributed by atoms with van der Waals surface area (Å²) in [5.74, 6) is -0.0198. The number of morpholine rings is 1. The molecule has 2 aliphatic rings. The van der Waals surface area contributed by atoms with E-state index in [0.717, 1.165) is 43.6 Å². The minimum Gasteiger partial charge on any atom is -0.379 e. The van der Waals surface area contributed by atoms with Crippen LogP contribution in [0.1, 0.15) is 35.6 Å². The normalized spacial score (nSPS) is 21.1. The van der Waals surface area contributed by atoms with Gasteiger partial charge in [0.05, 0.1) is 30.9 Å². The first-order chi connectivity index (χ1) is 15.9. The smallest absolute Gasteiger partial charge is 0.379 e. The molecule has 2 fully saturated rings. The molecule has 0 spiro atoms. The van der Waals surface area contributed by atoms with Crippen LogP contribution >= 0.6 is 0 Å². The molecule has 178 valence electrons. The molecular formula is C25H30F3N3O2. The van der Waals surface area contributed by atoms with E-state index in [4.69, 9.17) is 4.74 Å². The molecule has 8 heteroatoms. The van der Waals surface area contributed by atoms with Crippen LogP contribution in [-0.4, -0.2) is 61.1 Å². The van der Waals surface area contributed by atoms with Gasteiger partial charge in [-0.3, -0.25) is 14.6 Å². The monoisotopic (exact) mass is 461 g/mol. The van der Waals surface area contributed by atoms with Gasteiger partial charge in [0.25, 0.3) is 0 Å². The SMILES string of the molecule is O=C(NCC(c1ccc(C(F)(F)F)cc1)N1CCOCC1)C1CCCN1Cc1ccccc1. The Hall–Kier alpha value is -2.42. The fourth-order valence-corrected chi connectivity index (χ4v) is 4.69. The number of hydrogen-bond donors (Lipinski definition) is 1. The molecule has 2 aromatic rings. The van der Waals surface area contributed by atoms with Gasteiger partial charge in [-0.25, -0.2) is 0 Å². The summed E-state index contributed by atoms with van der Waals surface area (Å²) in [6, 6.07) is 15.0. The fourth-order valence-electron chi connectivity index (χ4n) is 4.69. The molecule has 2 aromatic carbocycles. The number of nitrogens with one attached hydrogen (secondary N) is 1. The summed E-state index contributed by atoms with van der Waals surface area (Å²) < 4.78 is 44.5. The number of ether oxygens (including phenoxy) is 1. The lowest BCUT2D eigenvalue weighted by Crippen LogP contribution is -2.47. The number of amides is 1. The van der Waals surface area contributed by atoms with Crippen LogP contribution < -0.4 is 5.32 Å². The zero-order valence-electron chi connectivity index (χ0n) is 18.6. The Bertz CT molecular complexity index is 899. The van der Waals surface area contributed by atoms with Gasteiger partial charge in [0.1, 0.15) is 0 Å². The highest BCUT2D eigenvalue weighted by molar-refractivity contribution is 5.82. The lowest BCUT2D eigenvalue weighted by Gasteiger charge is -2.35. The molecule has 2 aliphatic heterocycles. The Morgan fingerprint density at radius 3 is 2.39 bits per heavy atom. The number of carbonyl (C=O) groups excluding carboxylic acids is 1. The number of nitrogens with zero attached hydrogens (tertiary/aromatic N) is 2. The van der Waals surface area contributed by atoms with Crippen molar-refractivity contribution in [3.63, 3.8) is 0 Å². The third-order valence-electron chi connectivity index (χ3n) is 6.47. The number of benzene rings is 2. The van der Waals surface area contributed by atoms with Gasteiger partial charge >= 0.3 is 6.18 Å². The fraction of sp³-hybridized carbons (Fsp3) is 0.480. The molecule has 2 heterocycles. The number of hydrogen-bond acceptors (Lipinski definition) is 4. The second-order valence-corrected chi connectivity index (χ2v) is 8.64. The number of carbonyl (C=O) groups is 1. The molecule has 2 unspecified atom stereocenters. The van der Waals surface area contributed by atoms with E-state index in [0.29, 0.717) is 32.8 Å². The van der Waals surface area contributed by atoms with Crippen molar-refractivity contribution in [1.29, 1.82) is 0 Å². The quantitative estimate of drug-likeness (QED) is 0.680.